The fraction of sp³-hybridized carbons (Fsp3) is 1.00. The second-order valence-corrected chi connectivity index (χ2v) is 0. The molecule has 0 atom stereocenters. The van der Waals surface area contributed by atoms with E-state index in [2.05, 4.69) is 0 Å². The van der Waals surface area contributed by atoms with Crippen LogP contribution < -0.4 is 0 Å². The zero-order valence-electron chi connectivity index (χ0n) is 14.0. The van der Waals surface area contributed by atoms with Gasteiger partial charge in [-0.05, 0) is 0 Å². The fourth-order valence-electron chi connectivity index (χ4n) is 0. The van der Waals surface area contributed by atoms with Crippen LogP contribution in [0.25, 0.3) is 0 Å². The molecule has 14 heavy (non-hydrogen) atoms. The maximum Gasteiger partial charge on any atom is -0.0683 e. The Hall–Kier alpha value is 0. The van der Waals surface area contributed by atoms with Crippen molar-refractivity contribution in [3.63, 3.8) is 0 Å². The Labute approximate surface area is 97.5 Å². The Morgan fingerprint density at radius 1 is 0.143 bits per heavy atom. The van der Waals surface area contributed by atoms with Gasteiger partial charge in [0.15, 0.2) is 0 Å². The van der Waals surface area contributed by atoms with Crippen LogP contribution in [0.15, 0.2) is 0 Å². The van der Waals surface area contributed by atoms with Gasteiger partial charge in [-0.1, -0.05) is 96.9 Å². The van der Waals surface area contributed by atoms with Gasteiger partial charge >= 0.3 is 0 Å². The average molecular weight is 210 g/mol. The molecule has 0 saturated carbocycles. The zero-order valence-corrected chi connectivity index (χ0v) is 14.0. The van der Waals surface area contributed by atoms with Crippen molar-refractivity contribution < 1.29 is 0 Å². The first-order chi connectivity index (χ1) is 7.00. The van der Waals surface area contributed by atoms with E-state index in [0.717, 1.165) is 0 Å². The normalized spacial score (nSPS) is 3.00. The molecule has 0 aromatic carbocycles. The van der Waals surface area contributed by atoms with Gasteiger partial charge in [0.2, 0.25) is 0 Å². The van der Waals surface area contributed by atoms with Gasteiger partial charge in [0, 0.05) is 0 Å². The summed E-state index contributed by atoms with van der Waals surface area (Å²) in [5, 5.41) is 0. The van der Waals surface area contributed by atoms with Crippen LogP contribution in [0.3, 0.4) is 0 Å². The van der Waals surface area contributed by atoms with E-state index in [1.807, 2.05) is 96.9 Å². The molecule has 0 aliphatic heterocycles. The molecule has 0 aromatic heterocycles. The highest BCUT2D eigenvalue weighted by molar-refractivity contribution is 3.52. The molecule has 0 fully saturated rings. The van der Waals surface area contributed by atoms with E-state index in [1.54, 1.807) is 0 Å². The van der Waals surface area contributed by atoms with E-state index < -0.39 is 0 Å². The van der Waals surface area contributed by atoms with Crippen LogP contribution in [0.1, 0.15) is 96.9 Å². The van der Waals surface area contributed by atoms with Gasteiger partial charge < -0.3 is 0 Å². The largest absolute Gasteiger partial charge is 0.0683 e. The van der Waals surface area contributed by atoms with E-state index in [1.165, 1.54) is 0 Å². The van der Waals surface area contributed by atoms with Crippen molar-refractivity contribution in [3.8, 4) is 0 Å². The van der Waals surface area contributed by atoms with Crippen molar-refractivity contribution in [1.82, 2.24) is 0 Å². The maximum absolute atomic E-state index is 2.00. The molecule has 0 spiro atoms. The molecule has 98 valence electrons. The quantitative estimate of drug-likeness (QED) is 0.397. The molecular weight excluding hydrogens is 168 g/mol. The maximum atomic E-state index is 2.00. The van der Waals surface area contributed by atoms with E-state index in [0.29, 0.717) is 0 Å². The van der Waals surface area contributed by atoms with Gasteiger partial charge in [-0.15, -0.1) is 0 Å². The molecule has 0 amide bonds. The summed E-state index contributed by atoms with van der Waals surface area (Å²) in [6.45, 7) is 28.0. The van der Waals surface area contributed by atoms with Crippen molar-refractivity contribution in [1.29, 1.82) is 0 Å². The predicted octanol–water partition coefficient (Wildman–Crippen LogP) is 7.18. The molecule has 0 bridgehead atoms. The minimum absolute atomic E-state index is 2.00. The van der Waals surface area contributed by atoms with Gasteiger partial charge in [-0.3, -0.25) is 0 Å². The molecule has 0 rings (SSSR count). The Bertz CT molecular complexity index is 0. The smallest absolute Gasteiger partial charge is 0.0683 e. The van der Waals surface area contributed by atoms with Crippen molar-refractivity contribution in [3.05, 3.63) is 0 Å². The minimum Gasteiger partial charge on any atom is -0.0683 e. The van der Waals surface area contributed by atoms with Gasteiger partial charge in [0.1, 0.15) is 0 Å². The van der Waals surface area contributed by atoms with Crippen LogP contribution in [0, 0.1) is 0 Å². The van der Waals surface area contributed by atoms with Crippen molar-refractivity contribution in [2.24, 2.45) is 0 Å². The molecule has 0 radical (unpaired) electrons. The first-order valence-electron chi connectivity index (χ1n) is 7.00. The second-order valence-electron chi connectivity index (χ2n) is 0. The van der Waals surface area contributed by atoms with Crippen LogP contribution in [0.4, 0.5) is 0 Å². The summed E-state index contributed by atoms with van der Waals surface area (Å²) in [7, 11) is 0. The first kappa shape index (κ1) is 48.3. The van der Waals surface area contributed by atoms with Crippen LogP contribution in [-0.4, -0.2) is 0 Å². The van der Waals surface area contributed by atoms with Gasteiger partial charge in [0.25, 0.3) is 0 Å². The van der Waals surface area contributed by atoms with E-state index in [9.17, 15) is 0 Å². The average Bonchev–Trinajstić information content (AvgIpc) is 2.45. The number of rotatable bonds is 0. The molecule has 0 heteroatoms. The third kappa shape index (κ3) is 0. The first-order valence-corrected chi connectivity index (χ1v) is 7.00. The van der Waals surface area contributed by atoms with Crippen LogP contribution in [0.2, 0.25) is 0 Å². The molecular formula is C14H42. The lowest BCUT2D eigenvalue weighted by atomic mass is 11.0. The summed E-state index contributed by atoms with van der Waals surface area (Å²) >= 11 is 0. The van der Waals surface area contributed by atoms with Crippen LogP contribution in [0.5, 0.6) is 0 Å². The standard InChI is InChI=1S/7C2H6/c7*1-2/h7*1-2H3. The fourth-order valence-corrected chi connectivity index (χ4v) is 0. The van der Waals surface area contributed by atoms with E-state index >= 15 is 0 Å². The minimum atomic E-state index is 2.00. The molecule has 0 aliphatic rings. The summed E-state index contributed by atoms with van der Waals surface area (Å²) in [6.07, 6.45) is 0. The molecule has 0 unspecified atom stereocenters. The van der Waals surface area contributed by atoms with Gasteiger partial charge in [-0.2, -0.15) is 0 Å². The summed E-state index contributed by atoms with van der Waals surface area (Å²) in [5.74, 6) is 0. The zero-order chi connectivity index (χ0) is 14.0. The highest BCUT2D eigenvalue weighted by Gasteiger charge is 0.944. The molecule has 0 aliphatic carbocycles. The highest BCUT2D eigenvalue weighted by Crippen LogP contribution is 1.16. The van der Waals surface area contributed by atoms with Crippen molar-refractivity contribution in [2.45, 2.75) is 96.9 Å². The monoisotopic (exact) mass is 210 g/mol. The van der Waals surface area contributed by atoms with Crippen LogP contribution in [-0.2, 0) is 0 Å². The lowest BCUT2D eigenvalue weighted by Crippen LogP contribution is -0.856. The number of hydrogen-bond donors (Lipinski definition) is 0. The second kappa shape index (κ2) is 0. The van der Waals surface area contributed by atoms with Crippen molar-refractivity contribution in [2.75, 3.05) is 0 Å². The van der Waals surface area contributed by atoms with E-state index in [-0.39, 0.29) is 0 Å². The predicted molar refractivity (Wildman–Crippen MR) is 79.4 cm³/mol. The van der Waals surface area contributed by atoms with Gasteiger partial charge in [-0.25, -0.2) is 0 Å². The molecule has 0 saturated heterocycles. The summed E-state index contributed by atoms with van der Waals surface area (Å²) in [6, 6.07) is 0. The molecule has 0 heterocycles. The topological polar surface area (TPSA) is 0 Å². The van der Waals surface area contributed by atoms with E-state index in [4.69, 9.17) is 0 Å². The number of hydrogen-bond acceptors (Lipinski definition) is 0. The lowest BCUT2D eigenvalue weighted by molar-refractivity contribution is 1.50. The Balaban J connectivity index is -0.00000000817. The highest BCUT2D eigenvalue weighted by atomic mass is 13.0. The molecule has 0 aromatic rings. The Morgan fingerprint density at radius 3 is 0.143 bits per heavy atom. The third-order valence-electron chi connectivity index (χ3n) is 0. The SMILES string of the molecule is CC.CC.CC.CC.CC.CC.CC. The summed E-state index contributed by atoms with van der Waals surface area (Å²) < 4.78 is 0. The molecule has 0 nitrogen and oxygen atoms in total. The third-order valence-corrected chi connectivity index (χ3v) is 0. The van der Waals surface area contributed by atoms with Crippen LogP contribution >= 0.6 is 0 Å². The van der Waals surface area contributed by atoms with Crippen molar-refractivity contribution >= 4 is 0 Å². The summed E-state index contributed by atoms with van der Waals surface area (Å²) in [4.78, 5) is 0. The lowest BCUT2D eigenvalue weighted by Gasteiger charge is -1.07. The Morgan fingerprint density at radius 2 is 0.143 bits per heavy atom. The van der Waals surface area contributed by atoms with Gasteiger partial charge in [0.05, 0.1) is 0 Å². The summed E-state index contributed by atoms with van der Waals surface area (Å²) in [5.41, 5.74) is 0. The molecule has 0 N–H and O–H groups in total. The Kier molecular flexibility index (Phi) is 0.